The van der Waals surface area contributed by atoms with E-state index in [2.05, 4.69) is 52.0 Å². The van der Waals surface area contributed by atoms with Crippen molar-refractivity contribution >= 4 is 27.5 Å². The molecule has 3 heteroatoms. The highest BCUT2D eigenvalue weighted by Crippen LogP contribution is 2.23. The predicted molar refractivity (Wildman–Crippen MR) is 83.0 cm³/mol. The van der Waals surface area contributed by atoms with Crippen LogP contribution in [0.5, 0.6) is 0 Å². The summed E-state index contributed by atoms with van der Waals surface area (Å²) in [6.07, 6.45) is 1.84. The SMILES string of the molecule is Nc1ccc2c(c1)ncn2-c1ccc2ccccc2c1. The topological polar surface area (TPSA) is 43.8 Å². The second kappa shape index (κ2) is 4.10. The third kappa shape index (κ3) is 1.64. The Bertz CT molecular complexity index is 922. The number of imidazole rings is 1. The summed E-state index contributed by atoms with van der Waals surface area (Å²) in [5, 5.41) is 2.47. The molecule has 0 saturated heterocycles. The predicted octanol–water partition coefficient (Wildman–Crippen LogP) is 3.76. The van der Waals surface area contributed by atoms with Crippen molar-refractivity contribution in [1.29, 1.82) is 0 Å². The summed E-state index contributed by atoms with van der Waals surface area (Å²) in [6.45, 7) is 0. The Morgan fingerprint density at radius 1 is 0.850 bits per heavy atom. The van der Waals surface area contributed by atoms with Crippen molar-refractivity contribution in [2.75, 3.05) is 5.73 Å². The van der Waals surface area contributed by atoms with Crippen LogP contribution in [0.4, 0.5) is 5.69 Å². The number of fused-ring (bicyclic) bond motifs is 2. The molecule has 4 rings (SSSR count). The van der Waals surface area contributed by atoms with Gasteiger partial charge in [0.15, 0.2) is 0 Å². The number of anilines is 1. The highest BCUT2D eigenvalue weighted by atomic mass is 15.0. The first-order valence-corrected chi connectivity index (χ1v) is 6.53. The molecule has 0 saturated carbocycles. The quantitative estimate of drug-likeness (QED) is 0.529. The third-order valence-corrected chi connectivity index (χ3v) is 3.58. The molecule has 2 N–H and O–H groups in total. The van der Waals surface area contributed by atoms with Gasteiger partial charge in [-0.3, -0.25) is 4.57 Å². The molecule has 0 spiro atoms. The van der Waals surface area contributed by atoms with Crippen molar-refractivity contribution in [3.63, 3.8) is 0 Å². The normalized spacial score (nSPS) is 11.2. The lowest BCUT2D eigenvalue weighted by Gasteiger charge is -2.06. The average Bonchev–Trinajstić information content (AvgIpc) is 2.89. The van der Waals surface area contributed by atoms with Gasteiger partial charge in [-0.2, -0.15) is 0 Å². The van der Waals surface area contributed by atoms with Crippen molar-refractivity contribution in [2.24, 2.45) is 0 Å². The fraction of sp³-hybridized carbons (Fsp3) is 0. The molecule has 3 nitrogen and oxygen atoms in total. The zero-order chi connectivity index (χ0) is 13.5. The molecular weight excluding hydrogens is 246 g/mol. The van der Waals surface area contributed by atoms with E-state index in [0.717, 1.165) is 22.4 Å². The number of nitrogen functional groups attached to an aromatic ring is 1. The molecule has 0 radical (unpaired) electrons. The van der Waals surface area contributed by atoms with Crippen LogP contribution >= 0.6 is 0 Å². The van der Waals surface area contributed by atoms with Gasteiger partial charge in [0.05, 0.1) is 11.0 Å². The molecule has 0 aliphatic carbocycles. The summed E-state index contributed by atoms with van der Waals surface area (Å²) in [5.41, 5.74) is 9.62. The van der Waals surface area contributed by atoms with E-state index < -0.39 is 0 Å². The van der Waals surface area contributed by atoms with Crippen LogP contribution in [0.1, 0.15) is 0 Å². The van der Waals surface area contributed by atoms with E-state index in [9.17, 15) is 0 Å². The zero-order valence-corrected chi connectivity index (χ0v) is 10.8. The summed E-state index contributed by atoms with van der Waals surface area (Å²) in [6, 6.07) is 20.6. The second-order valence-corrected chi connectivity index (χ2v) is 4.89. The summed E-state index contributed by atoms with van der Waals surface area (Å²) >= 11 is 0. The lowest BCUT2D eigenvalue weighted by Crippen LogP contribution is -1.92. The van der Waals surface area contributed by atoms with Gasteiger partial charge >= 0.3 is 0 Å². The van der Waals surface area contributed by atoms with Gasteiger partial charge < -0.3 is 5.73 Å². The van der Waals surface area contributed by atoms with E-state index in [1.807, 2.05) is 24.5 Å². The molecule has 3 aromatic carbocycles. The van der Waals surface area contributed by atoms with Crippen LogP contribution in [-0.4, -0.2) is 9.55 Å². The van der Waals surface area contributed by atoms with Crippen LogP contribution in [0, 0.1) is 0 Å². The Balaban J connectivity index is 1.96. The van der Waals surface area contributed by atoms with Gasteiger partial charge in [0.1, 0.15) is 6.33 Å². The molecule has 0 aliphatic heterocycles. The summed E-state index contributed by atoms with van der Waals surface area (Å²) in [5.74, 6) is 0. The Hall–Kier alpha value is -2.81. The minimum absolute atomic E-state index is 0.737. The van der Waals surface area contributed by atoms with Crippen LogP contribution < -0.4 is 5.73 Å². The molecule has 20 heavy (non-hydrogen) atoms. The van der Waals surface area contributed by atoms with Crippen LogP contribution in [0.25, 0.3) is 27.5 Å². The van der Waals surface area contributed by atoms with Gasteiger partial charge in [-0.25, -0.2) is 4.98 Å². The zero-order valence-electron chi connectivity index (χ0n) is 10.8. The number of nitrogens with zero attached hydrogens (tertiary/aromatic N) is 2. The van der Waals surface area contributed by atoms with Crippen LogP contribution in [0.15, 0.2) is 67.0 Å². The number of rotatable bonds is 1. The lowest BCUT2D eigenvalue weighted by atomic mass is 10.1. The van der Waals surface area contributed by atoms with Gasteiger partial charge in [-0.1, -0.05) is 30.3 Å². The minimum Gasteiger partial charge on any atom is -0.399 e. The van der Waals surface area contributed by atoms with Crippen molar-refractivity contribution < 1.29 is 0 Å². The lowest BCUT2D eigenvalue weighted by molar-refractivity contribution is 1.10. The fourth-order valence-electron chi connectivity index (χ4n) is 2.56. The van der Waals surface area contributed by atoms with E-state index >= 15 is 0 Å². The van der Waals surface area contributed by atoms with Gasteiger partial charge in [-0.15, -0.1) is 0 Å². The van der Waals surface area contributed by atoms with Crippen molar-refractivity contribution in [3.05, 3.63) is 67.0 Å². The Labute approximate surface area is 116 Å². The van der Waals surface area contributed by atoms with Crippen LogP contribution in [-0.2, 0) is 0 Å². The molecule has 1 aromatic heterocycles. The number of benzene rings is 3. The Morgan fingerprint density at radius 2 is 1.70 bits per heavy atom. The number of nitrogens with two attached hydrogens (primary N) is 1. The highest BCUT2D eigenvalue weighted by molar-refractivity contribution is 5.86. The maximum Gasteiger partial charge on any atom is 0.100 e. The van der Waals surface area contributed by atoms with Gasteiger partial charge in [0.25, 0.3) is 0 Å². The molecule has 4 aromatic rings. The molecule has 0 amide bonds. The van der Waals surface area contributed by atoms with Crippen molar-refractivity contribution in [1.82, 2.24) is 9.55 Å². The molecule has 96 valence electrons. The van der Waals surface area contributed by atoms with E-state index in [1.165, 1.54) is 10.8 Å². The summed E-state index contributed by atoms with van der Waals surface area (Å²) in [4.78, 5) is 4.42. The number of hydrogen-bond donors (Lipinski definition) is 1. The first-order chi connectivity index (χ1) is 9.81. The summed E-state index contributed by atoms with van der Waals surface area (Å²) < 4.78 is 2.08. The Morgan fingerprint density at radius 3 is 2.60 bits per heavy atom. The highest BCUT2D eigenvalue weighted by Gasteiger charge is 2.05. The Kier molecular flexibility index (Phi) is 2.27. The molecular formula is C17H13N3. The maximum atomic E-state index is 5.80. The first-order valence-electron chi connectivity index (χ1n) is 6.53. The van der Waals surface area contributed by atoms with E-state index in [0.29, 0.717) is 0 Å². The standard InChI is InChI=1S/C17H13N3/c18-14-6-8-17-16(10-14)19-11-20(17)15-7-5-12-3-1-2-4-13(12)9-15/h1-11H,18H2. The van der Waals surface area contributed by atoms with Gasteiger partial charge in [0, 0.05) is 11.4 Å². The molecule has 0 aliphatic rings. The monoisotopic (exact) mass is 259 g/mol. The molecule has 0 unspecified atom stereocenters. The average molecular weight is 259 g/mol. The second-order valence-electron chi connectivity index (χ2n) is 4.89. The van der Waals surface area contributed by atoms with Crippen LogP contribution in [0.2, 0.25) is 0 Å². The molecule has 0 atom stereocenters. The van der Waals surface area contributed by atoms with Crippen molar-refractivity contribution in [2.45, 2.75) is 0 Å². The summed E-state index contributed by atoms with van der Waals surface area (Å²) in [7, 11) is 0. The van der Waals surface area contributed by atoms with E-state index in [1.54, 1.807) is 0 Å². The fourth-order valence-corrected chi connectivity index (χ4v) is 2.56. The number of aromatic nitrogens is 2. The van der Waals surface area contributed by atoms with E-state index in [4.69, 9.17) is 5.73 Å². The largest absolute Gasteiger partial charge is 0.399 e. The first kappa shape index (κ1) is 11.1. The van der Waals surface area contributed by atoms with Gasteiger partial charge in [-0.05, 0) is 41.1 Å². The van der Waals surface area contributed by atoms with Gasteiger partial charge in [0.2, 0.25) is 0 Å². The molecule has 1 heterocycles. The molecule has 0 bridgehead atoms. The molecule has 0 fully saturated rings. The smallest absolute Gasteiger partial charge is 0.100 e. The van der Waals surface area contributed by atoms with Crippen LogP contribution in [0.3, 0.4) is 0 Å². The third-order valence-electron chi connectivity index (χ3n) is 3.58. The van der Waals surface area contributed by atoms with Crippen molar-refractivity contribution in [3.8, 4) is 5.69 Å². The minimum atomic E-state index is 0.737. The van der Waals surface area contributed by atoms with E-state index in [-0.39, 0.29) is 0 Å². The number of hydrogen-bond acceptors (Lipinski definition) is 2. The maximum absolute atomic E-state index is 5.80.